The molecule has 0 radical (unpaired) electrons. The number of hydrogen-bond acceptors (Lipinski definition) is 2. The zero-order valence-corrected chi connectivity index (χ0v) is 15.9. The summed E-state index contributed by atoms with van der Waals surface area (Å²) in [4.78, 5) is 16.9. The maximum Gasteiger partial charge on any atom is 0.251 e. The highest BCUT2D eigenvalue weighted by Gasteiger charge is 2.12. The minimum atomic E-state index is -0.341. The molecule has 5 heteroatoms. The lowest BCUT2D eigenvalue weighted by Crippen LogP contribution is -2.25. The molecule has 27 heavy (non-hydrogen) atoms. The molecule has 1 aromatic heterocycles. The number of halogens is 1. The van der Waals surface area contributed by atoms with Gasteiger partial charge in [0.15, 0.2) is 0 Å². The number of carbonyl (C=O) groups is 1. The molecule has 1 N–H and O–H groups in total. The SMILES string of the molecule is CCC(C)Cn1c(CCCNC(=O)c2ccc(F)cc2)nc2ccccc21. The number of aryl methyl sites for hydroxylation is 1. The molecule has 0 aliphatic rings. The Bertz CT molecular complexity index is 902. The van der Waals surface area contributed by atoms with Gasteiger partial charge in [-0.05, 0) is 48.7 Å². The van der Waals surface area contributed by atoms with Crippen molar-refractivity contribution >= 4 is 16.9 Å². The summed E-state index contributed by atoms with van der Waals surface area (Å²) in [5.41, 5.74) is 2.66. The van der Waals surface area contributed by atoms with Gasteiger partial charge in [-0.15, -0.1) is 0 Å². The van der Waals surface area contributed by atoms with Crippen molar-refractivity contribution in [2.24, 2.45) is 5.92 Å². The van der Waals surface area contributed by atoms with E-state index in [1.807, 2.05) is 18.2 Å². The van der Waals surface area contributed by atoms with Crippen LogP contribution in [0.15, 0.2) is 48.5 Å². The lowest BCUT2D eigenvalue weighted by Gasteiger charge is -2.14. The number of rotatable bonds is 8. The molecule has 0 bridgehead atoms. The third-order valence-corrected chi connectivity index (χ3v) is 4.89. The van der Waals surface area contributed by atoms with Crippen LogP contribution >= 0.6 is 0 Å². The third kappa shape index (κ3) is 4.73. The number of aromatic nitrogens is 2. The van der Waals surface area contributed by atoms with Gasteiger partial charge in [-0.25, -0.2) is 9.37 Å². The fraction of sp³-hybridized carbons (Fsp3) is 0.364. The van der Waals surface area contributed by atoms with E-state index in [2.05, 4.69) is 29.8 Å². The zero-order valence-electron chi connectivity index (χ0n) is 15.9. The summed E-state index contributed by atoms with van der Waals surface area (Å²) in [6.45, 7) is 5.97. The fourth-order valence-electron chi connectivity index (χ4n) is 3.11. The van der Waals surface area contributed by atoms with Crippen molar-refractivity contribution in [1.82, 2.24) is 14.9 Å². The van der Waals surface area contributed by atoms with Gasteiger partial charge in [0, 0.05) is 25.1 Å². The molecule has 1 atom stereocenters. The van der Waals surface area contributed by atoms with E-state index < -0.39 is 0 Å². The highest BCUT2D eigenvalue weighted by molar-refractivity contribution is 5.94. The van der Waals surface area contributed by atoms with Crippen molar-refractivity contribution in [3.8, 4) is 0 Å². The van der Waals surface area contributed by atoms with E-state index in [1.54, 1.807) is 0 Å². The van der Waals surface area contributed by atoms with Gasteiger partial charge in [-0.3, -0.25) is 4.79 Å². The quantitative estimate of drug-likeness (QED) is 0.592. The molecule has 0 spiro atoms. The first-order valence-corrected chi connectivity index (χ1v) is 9.56. The second kappa shape index (κ2) is 8.80. The van der Waals surface area contributed by atoms with E-state index in [0.29, 0.717) is 18.0 Å². The number of fused-ring (bicyclic) bond motifs is 1. The summed E-state index contributed by atoms with van der Waals surface area (Å²) >= 11 is 0. The molecule has 1 unspecified atom stereocenters. The molecule has 0 aliphatic carbocycles. The summed E-state index contributed by atoms with van der Waals surface area (Å²) in [6, 6.07) is 13.8. The largest absolute Gasteiger partial charge is 0.352 e. The van der Waals surface area contributed by atoms with E-state index >= 15 is 0 Å². The summed E-state index contributed by atoms with van der Waals surface area (Å²) < 4.78 is 15.3. The van der Waals surface area contributed by atoms with Crippen molar-refractivity contribution in [3.05, 3.63) is 65.7 Å². The van der Waals surface area contributed by atoms with E-state index in [1.165, 1.54) is 29.8 Å². The Morgan fingerprint density at radius 3 is 2.67 bits per heavy atom. The molecule has 0 fully saturated rings. The second-order valence-corrected chi connectivity index (χ2v) is 7.01. The molecular formula is C22H26FN3O. The first-order chi connectivity index (χ1) is 13.1. The number of benzene rings is 2. The zero-order chi connectivity index (χ0) is 19.2. The topological polar surface area (TPSA) is 46.9 Å². The number of nitrogens with one attached hydrogen (secondary N) is 1. The van der Waals surface area contributed by atoms with Gasteiger partial charge < -0.3 is 9.88 Å². The summed E-state index contributed by atoms with van der Waals surface area (Å²) in [7, 11) is 0. The number of nitrogens with zero attached hydrogens (tertiary/aromatic N) is 2. The second-order valence-electron chi connectivity index (χ2n) is 7.01. The molecule has 2 aromatic carbocycles. The van der Waals surface area contributed by atoms with E-state index in [9.17, 15) is 9.18 Å². The highest BCUT2D eigenvalue weighted by atomic mass is 19.1. The van der Waals surface area contributed by atoms with Gasteiger partial charge in [0.1, 0.15) is 11.6 Å². The van der Waals surface area contributed by atoms with Gasteiger partial charge in [0.25, 0.3) is 5.91 Å². The van der Waals surface area contributed by atoms with Crippen LogP contribution in [0.3, 0.4) is 0 Å². The molecule has 0 saturated carbocycles. The smallest absolute Gasteiger partial charge is 0.251 e. The Morgan fingerprint density at radius 2 is 1.93 bits per heavy atom. The fourth-order valence-corrected chi connectivity index (χ4v) is 3.11. The van der Waals surface area contributed by atoms with Crippen molar-refractivity contribution in [1.29, 1.82) is 0 Å². The predicted molar refractivity (Wildman–Crippen MR) is 106 cm³/mol. The van der Waals surface area contributed by atoms with Crippen LogP contribution in [0, 0.1) is 11.7 Å². The average molecular weight is 367 g/mol. The van der Waals surface area contributed by atoms with Crippen LogP contribution in [0.25, 0.3) is 11.0 Å². The minimum Gasteiger partial charge on any atom is -0.352 e. The van der Waals surface area contributed by atoms with Crippen LogP contribution in [0.4, 0.5) is 4.39 Å². The first kappa shape index (κ1) is 19.1. The molecule has 3 rings (SSSR count). The van der Waals surface area contributed by atoms with Crippen molar-refractivity contribution in [3.63, 3.8) is 0 Å². The van der Waals surface area contributed by atoms with E-state index in [-0.39, 0.29) is 11.7 Å². The number of imidazole rings is 1. The number of hydrogen-bond donors (Lipinski definition) is 1. The van der Waals surface area contributed by atoms with Gasteiger partial charge in [0.05, 0.1) is 11.0 Å². The van der Waals surface area contributed by atoms with Crippen molar-refractivity contribution in [2.45, 2.75) is 39.7 Å². The molecule has 0 aliphatic heterocycles. The maximum atomic E-state index is 12.9. The van der Waals surface area contributed by atoms with Gasteiger partial charge in [-0.2, -0.15) is 0 Å². The Balaban J connectivity index is 1.62. The predicted octanol–water partition coefficient (Wildman–Crippen LogP) is 4.58. The molecule has 4 nitrogen and oxygen atoms in total. The lowest BCUT2D eigenvalue weighted by molar-refractivity contribution is 0.0953. The van der Waals surface area contributed by atoms with Crippen LogP contribution in [0.2, 0.25) is 0 Å². The Morgan fingerprint density at radius 1 is 1.19 bits per heavy atom. The lowest BCUT2D eigenvalue weighted by atomic mass is 10.1. The number of carbonyl (C=O) groups excluding carboxylic acids is 1. The molecule has 1 amide bonds. The van der Waals surface area contributed by atoms with Gasteiger partial charge in [-0.1, -0.05) is 32.4 Å². The van der Waals surface area contributed by atoms with Gasteiger partial charge in [0.2, 0.25) is 0 Å². The van der Waals surface area contributed by atoms with Crippen LogP contribution < -0.4 is 5.32 Å². The molecule has 0 saturated heterocycles. The normalized spacial score (nSPS) is 12.3. The number of para-hydroxylation sites is 2. The van der Waals surface area contributed by atoms with E-state index in [0.717, 1.165) is 37.1 Å². The van der Waals surface area contributed by atoms with Crippen LogP contribution in [0.5, 0.6) is 0 Å². The summed E-state index contributed by atoms with van der Waals surface area (Å²) in [6.07, 6.45) is 2.73. The van der Waals surface area contributed by atoms with Crippen LogP contribution in [0.1, 0.15) is 42.9 Å². The Labute approximate surface area is 159 Å². The highest BCUT2D eigenvalue weighted by Crippen LogP contribution is 2.19. The first-order valence-electron chi connectivity index (χ1n) is 9.56. The maximum absolute atomic E-state index is 12.9. The Hall–Kier alpha value is -2.69. The molecule has 142 valence electrons. The van der Waals surface area contributed by atoms with Gasteiger partial charge >= 0.3 is 0 Å². The average Bonchev–Trinajstić information content (AvgIpc) is 3.03. The summed E-state index contributed by atoms with van der Waals surface area (Å²) in [5.74, 6) is 1.13. The van der Waals surface area contributed by atoms with Crippen molar-refractivity contribution in [2.75, 3.05) is 6.54 Å². The summed E-state index contributed by atoms with van der Waals surface area (Å²) in [5, 5.41) is 2.90. The van der Waals surface area contributed by atoms with Crippen LogP contribution in [-0.2, 0) is 13.0 Å². The monoisotopic (exact) mass is 367 g/mol. The Kier molecular flexibility index (Phi) is 6.22. The minimum absolute atomic E-state index is 0.178. The number of amides is 1. The molecule has 3 aromatic rings. The standard InChI is InChI=1S/C22H26FN3O/c1-3-16(2)15-26-20-8-5-4-7-19(20)25-21(26)9-6-14-24-22(27)17-10-12-18(23)13-11-17/h4-5,7-8,10-13,16H,3,6,9,14-15H2,1-2H3,(H,24,27). The molecule has 1 heterocycles. The van der Waals surface area contributed by atoms with Crippen LogP contribution in [-0.4, -0.2) is 22.0 Å². The van der Waals surface area contributed by atoms with Crippen molar-refractivity contribution < 1.29 is 9.18 Å². The van der Waals surface area contributed by atoms with E-state index in [4.69, 9.17) is 4.98 Å². The molecular weight excluding hydrogens is 341 g/mol. The third-order valence-electron chi connectivity index (χ3n) is 4.89.